The van der Waals surface area contributed by atoms with Crippen LogP contribution < -0.4 is 5.32 Å². The third-order valence-corrected chi connectivity index (χ3v) is 7.45. The van der Waals surface area contributed by atoms with Crippen LogP contribution in [0.3, 0.4) is 0 Å². The van der Waals surface area contributed by atoms with Gasteiger partial charge in [-0.3, -0.25) is 0 Å². The number of carbonyl (C=O) groups is 2. The first-order valence-electron chi connectivity index (χ1n) is 12.7. The Morgan fingerprint density at radius 3 is 2.82 bits per heavy atom. The molecular formula is C24H41N3O6. The fraction of sp³-hybridized carbons (Fsp3) is 0.917. The van der Waals surface area contributed by atoms with Gasteiger partial charge in [-0.05, 0) is 31.6 Å². The van der Waals surface area contributed by atoms with Crippen molar-refractivity contribution in [3.63, 3.8) is 0 Å². The van der Waals surface area contributed by atoms with Gasteiger partial charge in [0.1, 0.15) is 6.10 Å². The van der Waals surface area contributed by atoms with E-state index in [1.165, 1.54) is 0 Å². The molecule has 3 amide bonds. The van der Waals surface area contributed by atoms with E-state index in [-0.39, 0.29) is 36.4 Å². The van der Waals surface area contributed by atoms with Gasteiger partial charge in [0.15, 0.2) is 6.29 Å². The first-order valence-corrected chi connectivity index (χ1v) is 12.7. The maximum absolute atomic E-state index is 13.2. The van der Waals surface area contributed by atoms with Crippen molar-refractivity contribution in [3.8, 4) is 0 Å². The van der Waals surface area contributed by atoms with Crippen molar-refractivity contribution in [3.05, 3.63) is 0 Å². The molecule has 4 rings (SSSR count). The van der Waals surface area contributed by atoms with Crippen LogP contribution in [0.4, 0.5) is 9.59 Å². The van der Waals surface area contributed by atoms with Crippen LogP contribution in [-0.4, -0.2) is 94.0 Å². The fourth-order valence-electron chi connectivity index (χ4n) is 5.99. The van der Waals surface area contributed by atoms with E-state index in [0.29, 0.717) is 63.6 Å². The average Bonchev–Trinajstić information content (AvgIpc) is 3.32. The second-order valence-corrected chi connectivity index (χ2v) is 10.5. The highest BCUT2D eigenvalue weighted by Crippen LogP contribution is 2.49. The molecule has 0 radical (unpaired) electrons. The number of methoxy groups -OCH3 is 1. The third kappa shape index (κ3) is 5.92. The number of rotatable bonds is 9. The lowest BCUT2D eigenvalue weighted by molar-refractivity contribution is -0.169. The summed E-state index contributed by atoms with van der Waals surface area (Å²) < 4.78 is 22.5. The van der Waals surface area contributed by atoms with E-state index in [4.69, 9.17) is 18.9 Å². The van der Waals surface area contributed by atoms with Gasteiger partial charge in [0.25, 0.3) is 0 Å². The Labute approximate surface area is 197 Å². The first kappa shape index (κ1) is 24.5. The van der Waals surface area contributed by atoms with Gasteiger partial charge in [-0.15, -0.1) is 0 Å². The van der Waals surface area contributed by atoms with Crippen LogP contribution >= 0.6 is 0 Å². The minimum absolute atomic E-state index is 0.0982. The summed E-state index contributed by atoms with van der Waals surface area (Å²) in [4.78, 5) is 29.5. The van der Waals surface area contributed by atoms with Gasteiger partial charge in [0.05, 0.1) is 19.8 Å². The summed E-state index contributed by atoms with van der Waals surface area (Å²) in [6, 6.07) is 0.0982. The maximum Gasteiger partial charge on any atom is 0.407 e. The second-order valence-electron chi connectivity index (χ2n) is 10.5. The summed E-state index contributed by atoms with van der Waals surface area (Å²) in [7, 11) is 1.72. The Balaban J connectivity index is 1.21. The lowest BCUT2D eigenvalue weighted by atomic mass is 9.98. The number of likely N-dealkylation sites (tertiary alicyclic amines) is 1. The van der Waals surface area contributed by atoms with Crippen LogP contribution in [-0.2, 0) is 18.9 Å². The van der Waals surface area contributed by atoms with E-state index in [0.717, 1.165) is 32.4 Å². The molecule has 0 aromatic heterocycles. The SMILES string of the molecule is COCC1CCCN(C(=O)N(CCCNC(=O)OC2C3COC4OCC2C4C3)CC(C)C)C1. The molecule has 9 heteroatoms. The number of carbonyl (C=O) groups excluding carboxylic acids is 2. The highest BCUT2D eigenvalue weighted by molar-refractivity contribution is 5.74. The third-order valence-electron chi connectivity index (χ3n) is 7.45. The van der Waals surface area contributed by atoms with Crippen molar-refractivity contribution in [2.45, 2.75) is 51.9 Å². The normalized spacial score (nSPS) is 32.8. The molecule has 188 valence electrons. The number of hydrogen-bond donors (Lipinski definition) is 1. The fourth-order valence-corrected chi connectivity index (χ4v) is 5.99. The van der Waals surface area contributed by atoms with Gasteiger partial charge in [0, 0.05) is 63.5 Å². The van der Waals surface area contributed by atoms with Gasteiger partial charge < -0.3 is 34.1 Å². The molecule has 6 unspecified atom stereocenters. The molecule has 0 spiro atoms. The molecule has 3 aliphatic heterocycles. The standard InChI is InChI=1S/C24H41N3O6/c1-16(2)11-26(24(29)27-8-4-6-17(12-27)13-30-3)9-5-7-25-23(28)33-21-18-10-19-20(21)15-32-22(19)31-14-18/h16-22H,4-15H2,1-3H3,(H,25,28). The minimum Gasteiger partial charge on any atom is -0.445 e. The number of amides is 3. The summed E-state index contributed by atoms with van der Waals surface area (Å²) in [5.74, 6) is 1.67. The van der Waals surface area contributed by atoms with E-state index in [9.17, 15) is 9.59 Å². The van der Waals surface area contributed by atoms with Crippen LogP contribution in [0, 0.1) is 29.6 Å². The molecule has 6 atom stereocenters. The van der Waals surface area contributed by atoms with Crippen molar-refractivity contribution in [2.75, 3.05) is 59.7 Å². The summed E-state index contributed by atoms with van der Waals surface area (Å²) >= 11 is 0. The molecule has 1 aliphatic carbocycles. The van der Waals surface area contributed by atoms with Gasteiger partial charge in [-0.25, -0.2) is 9.59 Å². The highest BCUT2D eigenvalue weighted by atomic mass is 16.7. The van der Waals surface area contributed by atoms with Crippen LogP contribution in [0.15, 0.2) is 0 Å². The molecule has 2 bridgehead atoms. The Hall–Kier alpha value is -1.58. The molecule has 0 aromatic carbocycles. The molecule has 3 saturated heterocycles. The molecule has 3 heterocycles. The van der Waals surface area contributed by atoms with Gasteiger partial charge in [0.2, 0.25) is 0 Å². The second kappa shape index (κ2) is 11.2. The maximum atomic E-state index is 13.2. The largest absolute Gasteiger partial charge is 0.445 e. The van der Waals surface area contributed by atoms with E-state index < -0.39 is 0 Å². The molecule has 1 saturated carbocycles. The van der Waals surface area contributed by atoms with Crippen LogP contribution in [0.2, 0.25) is 0 Å². The zero-order valence-electron chi connectivity index (χ0n) is 20.4. The molecule has 4 aliphatic rings. The quantitative estimate of drug-likeness (QED) is 0.524. The van der Waals surface area contributed by atoms with Crippen LogP contribution in [0.1, 0.15) is 39.5 Å². The minimum atomic E-state index is -0.379. The number of urea groups is 1. The number of nitrogens with one attached hydrogen (secondary N) is 1. The number of ether oxygens (including phenoxy) is 4. The number of alkyl carbamates (subject to hydrolysis) is 1. The highest BCUT2D eigenvalue weighted by Gasteiger charge is 2.56. The van der Waals surface area contributed by atoms with Gasteiger partial charge in [-0.1, -0.05) is 13.8 Å². The van der Waals surface area contributed by atoms with Crippen molar-refractivity contribution in [2.24, 2.45) is 29.6 Å². The summed E-state index contributed by atoms with van der Waals surface area (Å²) in [6.07, 6.45) is 3.21. The van der Waals surface area contributed by atoms with Crippen LogP contribution in [0.25, 0.3) is 0 Å². The Bertz CT molecular complexity index is 675. The number of piperidine rings is 1. The number of fused-ring (bicyclic) bond motifs is 1. The van der Waals surface area contributed by atoms with Gasteiger partial charge in [-0.2, -0.15) is 0 Å². The summed E-state index contributed by atoms with van der Waals surface area (Å²) in [5, 5.41) is 2.89. The van der Waals surface area contributed by atoms with Crippen molar-refractivity contribution >= 4 is 12.1 Å². The van der Waals surface area contributed by atoms with E-state index >= 15 is 0 Å². The topological polar surface area (TPSA) is 89.6 Å². The Morgan fingerprint density at radius 1 is 1.21 bits per heavy atom. The lowest BCUT2D eigenvalue weighted by Gasteiger charge is -2.37. The summed E-state index contributed by atoms with van der Waals surface area (Å²) in [6.45, 7) is 9.52. The molecule has 4 fully saturated rings. The molecule has 0 aromatic rings. The first-order chi connectivity index (χ1) is 16.0. The van der Waals surface area contributed by atoms with Crippen molar-refractivity contribution < 1.29 is 28.5 Å². The Kier molecular flexibility index (Phi) is 8.35. The van der Waals surface area contributed by atoms with Crippen LogP contribution in [0.5, 0.6) is 0 Å². The predicted octanol–water partition coefficient (Wildman–Crippen LogP) is 2.55. The lowest BCUT2D eigenvalue weighted by Crippen LogP contribution is -2.49. The number of hydrogen-bond acceptors (Lipinski definition) is 6. The molecule has 33 heavy (non-hydrogen) atoms. The summed E-state index contributed by atoms with van der Waals surface area (Å²) in [5.41, 5.74) is 0. The predicted molar refractivity (Wildman–Crippen MR) is 122 cm³/mol. The van der Waals surface area contributed by atoms with Crippen molar-refractivity contribution in [1.29, 1.82) is 0 Å². The van der Waals surface area contributed by atoms with E-state index in [1.807, 2.05) is 9.80 Å². The average molecular weight is 468 g/mol. The monoisotopic (exact) mass is 467 g/mol. The van der Waals surface area contributed by atoms with E-state index in [2.05, 4.69) is 19.2 Å². The molecule has 9 nitrogen and oxygen atoms in total. The zero-order chi connectivity index (χ0) is 23.4. The molecule has 1 N–H and O–H groups in total. The van der Waals surface area contributed by atoms with Gasteiger partial charge >= 0.3 is 12.1 Å². The number of nitrogens with zero attached hydrogens (tertiary/aromatic N) is 2. The zero-order valence-corrected chi connectivity index (χ0v) is 20.4. The Morgan fingerprint density at radius 2 is 2.03 bits per heavy atom. The van der Waals surface area contributed by atoms with E-state index in [1.54, 1.807) is 7.11 Å². The van der Waals surface area contributed by atoms with Crippen molar-refractivity contribution in [1.82, 2.24) is 15.1 Å². The smallest absolute Gasteiger partial charge is 0.407 e. The molecular weight excluding hydrogens is 426 g/mol.